The van der Waals surface area contributed by atoms with E-state index in [-0.39, 0.29) is 29.8 Å². The molecule has 1 heterocycles. The maximum atomic E-state index is 13.3. The van der Waals surface area contributed by atoms with Crippen LogP contribution in [0.5, 0.6) is 0 Å². The minimum atomic E-state index is -0.478. The number of rotatable bonds is 6. The molecular formula is C28H37N4O3+. The van der Waals surface area contributed by atoms with Gasteiger partial charge in [-0.05, 0) is 24.8 Å². The van der Waals surface area contributed by atoms with Crippen LogP contribution in [-0.2, 0) is 19.7 Å². The number of hydrogen-bond acceptors (Lipinski definition) is 5. The summed E-state index contributed by atoms with van der Waals surface area (Å²) in [5, 5.41) is 2.49. The third-order valence-electron chi connectivity index (χ3n) is 7.03. The number of benzene rings is 1. The molecule has 0 spiro atoms. The van der Waals surface area contributed by atoms with Crippen LogP contribution in [0, 0.1) is 24.2 Å². The number of carbonyl (C=O) groups is 2. The molecule has 2 fully saturated rings. The lowest BCUT2D eigenvalue weighted by molar-refractivity contribution is -0.372. The summed E-state index contributed by atoms with van der Waals surface area (Å²) in [5.41, 5.74) is 4.58. The zero-order valence-electron chi connectivity index (χ0n) is 20.6. The van der Waals surface area contributed by atoms with Crippen molar-refractivity contribution in [2.45, 2.75) is 69.8 Å². The fourth-order valence-electron chi connectivity index (χ4n) is 5.11. The quantitative estimate of drug-likeness (QED) is 0.376. The summed E-state index contributed by atoms with van der Waals surface area (Å²) in [4.78, 5) is 31.4. The summed E-state index contributed by atoms with van der Waals surface area (Å²) in [6.45, 7) is 2.26. The number of amides is 1. The molecule has 186 valence electrons. The summed E-state index contributed by atoms with van der Waals surface area (Å²) in [5.74, 6) is 3.68. The van der Waals surface area contributed by atoms with Crippen molar-refractivity contribution in [1.82, 2.24) is 9.97 Å². The topological polar surface area (TPSA) is 109 Å². The third kappa shape index (κ3) is 6.89. The largest absolute Gasteiger partial charge is 0.461 e. The van der Waals surface area contributed by atoms with E-state index < -0.39 is 5.41 Å². The molecule has 2 saturated carbocycles. The second-order valence-corrected chi connectivity index (χ2v) is 9.39. The molecule has 4 N–H and O–H groups in total. The van der Waals surface area contributed by atoms with Gasteiger partial charge in [-0.2, -0.15) is 0 Å². The predicted molar refractivity (Wildman–Crippen MR) is 135 cm³/mol. The van der Waals surface area contributed by atoms with Gasteiger partial charge in [-0.1, -0.05) is 56.0 Å². The zero-order chi connectivity index (χ0) is 25.1. The van der Waals surface area contributed by atoms with Crippen LogP contribution in [0.2, 0.25) is 0 Å². The maximum absolute atomic E-state index is 13.3. The SMILES string of the molecule is C#CC1CC(OC(=O)C2(c3ccccc3)CCCCCC2)C1CC[NH3+].CC(=O)Nc1cnccn1. The van der Waals surface area contributed by atoms with E-state index in [9.17, 15) is 9.59 Å². The van der Waals surface area contributed by atoms with E-state index in [4.69, 9.17) is 11.2 Å². The Bertz CT molecular complexity index is 982. The molecule has 7 heteroatoms. The van der Waals surface area contributed by atoms with E-state index >= 15 is 0 Å². The molecule has 7 nitrogen and oxygen atoms in total. The van der Waals surface area contributed by atoms with Gasteiger partial charge >= 0.3 is 5.97 Å². The van der Waals surface area contributed by atoms with Crippen molar-refractivity contribution < 1.29 is 20.1 Å². The molecule has 1 aromatic heterocycles. The number of aromatic nitrogens is 2. The Morgan fingerprint density at radius 2 is 1.89 bits per heavy atom. The first-order chi connectivity index (χ1) is 17.0. The summed E-state index contributed by atoms with van der Waals surface area (Å²) in [6.07, 6.45) is 18.2. The maximum Gasteiger partial charge on any atom is 0.316 e. The van der Waals surface area contributed by atoms with Crippen molar-refractivity contribution in [3.05, 3.63) is 54.5 Å². The van der Waals surface area contributed by atoms with Crippen LogP contribution in [0.3, 0.4) is 0 Å². The van der Waals surface area contributed by atoms with Gasteiger partial charge < -0.3 is 15.8 Å². The fraction of sp³-hybridized carbons (Fsp3) is 0.500. The average molecular weight is 478 g/mol. The van der Waals surface area contributed by atoms with Gasteiger partial charge in [0.15, 0.2) is 5.82 Å². The van der Waals surface area contributed by atoms with E-state index in [0.29, 0.717) is 5.82 Å². The monoisotopic (exact) mass is 477 g/mol. The number of nitrogens with one attached hydrogen (secondary N) is 1. The smallest absolute Gasteiger partial charge is 0.316 e. The Morgan fingerprint density at radius 3 is 2.46 bits per heavy atom. The number of nitrogens with zero attached hydrogens (tertiary/aromatic N) is 2. The summed E-state index contributed by atoms with van der Waals surface area (Å²) >= 11 is 0. The van der Waals surface area contributed by atoms with E-state index in [0.717, 1.165) is 50.6 Å². The second-order valence-electron chi connectivity index (χ2n) is 9.39. The Kier molecular flexibility index (Phi) is 9.80. The minimum absolute atomic E-state index is 0.0286. The number of terminal acetylenes is 1. The van der Waals surface area contributed by atoms with Crippen LogP contribution in [0.25, 0.3) is 0 Å². The predicted octanol–water partition coefficient (Wildman–Crippen LogP) is 3.53. The molecule has 2 aromatic rings. The number of carbonyl (C=O) groups excluding carboxylic acids is 2. The molecule has 1 amide bonds. The second kappa shape index (κ2) is 13.0. The highest BCUT2D eigenvalue weighted by Gasteiger charge is 2.47. The highest BCUT2D eigenvalue weighted by molar-refractivity contribution is 5.87. The van der Waals surface area contributed by atoms with Crippen LogP contribution in [0.15, 0.2) is 48.9 Å². The van der Waals surface area contributed by atoms with Gasteiger partial charge in [0.25, 0.3) is 0 Å². The lowest BCUT2D eigenvalue weighted by Crippen LogP contribution is -2.55. The summed E-state index contributed by atoms with van der Waals surface area (Å²) in [7, 11) is 0. The molecular weight excluding hydrogens is 440 g/mol. The molecule has 4 rings (SSSR count). The highest BCUT2D eigenvalue weighted by atomic mass is 16.5. The van der Waals surface area contributed by atoms with Crippen molar-refractivity contribution in [3.8, 4) is 12.3 Å². The number of quaternary nitrogens is 1. The summed E-state index contributed by atoms with van der Waals surface area (Å²) in [6, 6.07) is 10.2. The summed E-state index contributed by atoms with van der Waals surface area (Å²) < 4.78 is 6.07. The van der Waals surface area contributed by atoms with Crippen molar-refractivity contribution >= 4 is 17.7 Å². The van der Waals surface area contributed by atoms with Crippen molar-refractivity contribution in [2.75, 3.05) is 11.9 Å². The van der Waals surface area contributed by atoms with E-state index in [2.05, 4.69) is 39.1 Å². The number of hydrogen-bond donors (Lipinski definition) is 2. The Labute approximate surface area is 208 Å². The molecule has 2 aliphatic rings. The van der Waals surface area contributed by atoms with Gasteiger partial charge in [0, 0.05) is 37.6 Å². The highest BCUT2D eigenvalue weighted by Crippen LogP contribution is 2.43. The molecule has 0 saturated heterocycles. The first-order valence-corrected chi connectivity index (χ1v) is 12.6. The molecule has 0 bridgehead atoms. The minimum Gasteiger partial charge on any atom is -0.461 e. The molecule has 0 radical (unpaired) electrons. The first kappa shape index (κ1) is 26.4. The van der Waals surface area contributed by atoms with Gasteiger partial charge in [0.2, 0.25) is 5.91 Å². The Balaban J connectivity index is 0.000000287. The van der Waals surface area contributed by atoms with Crippen LogP contribution < -0.4 is 11.1 Å². The van der Waals surface area contributed by atoms with Crippen molar-refractivity contribution in [3.63, 3.8) is 0 Å². The number of esters is 1. The van der Waals surface area contributed by atoms with Crippen LogP contribution in [0.4, 0.5) is 5.82 Å². The molecule has 1 aromatic carbocycles. The fourth-order valence-corrected chi connectivity index (χ4v) is 5.11. The standard InChI is InChI=1S/C22H29NO2.C6H7N3O/c1-2-17-16-20(19(17)12-15-23)25-21(24)22(13-8-3-4-9-14-22)18-10-6-5-7-11-18;1-5(10)9-6-4-7-2-3-8-6/h1,5-7,10-11,17,19-20H,3-4,8-9,12-16,23H2;2-4H,1H3,(H,8,9,10)/p+1. The van der Waals surface area contributed by atoms with Gasteiger partial charge in [-0.25, -0.2) is 4.98 Å². The lowest BCUT2D eigenvalue weighted by atomic mass is 9.69. The number of anilines is 1. The van der Waals surface area contributed by atoms with Gasteiger partial charge in [0.05, 0.1) is 18.2 Å². The molecule has 3 unspecified atom stereocenters. The first-order valence-electron chi connectivity index (χ1n) is 12.6. The molecule has 0 aliphatic heterocycles. The van der Waals surface area contributed by atoms with Gasteiger partial charge in [-0.15, -0.1) is 12.3 Å². The molecule has 2 aliphatic carbocycles. The van der Waals surface area contributed by atoms with E-state index in [1.165, 1.54) is 32.2 Å². The van der Waals surface area contributed by atoms with Gasteiger partial charge in [0.1, 0.15) is 6.10 Å². The normalized spacial score (nSPS) is 22.7. The van der Waals surface area contributed by atoms with Crippen molar-refractivity contribution in [1.29, 1.82) is 0 Å². The Morgan fingerprint density at radius 1 is 1.17 bits per heavy atom. The van der Waals surface area contributed by atoms with Crippen LogP contribution in [-0.4, -0.2) is 34.5 Å². The molecule has 35 heavy (non-hydrogen) atoms. The molecule has 3 atom stereocenters. The number of ether oxygens (including phenoxy) is 1. The third-order valence-corrected chi connectivity index (χ3v) is 7.03. The van der Waals surface area contributed by atoms with Crippen LogP contribution in [0.1, 0.15) is 63.9 Å². The van der Waals surface area contributed by atoms with E-state index in [1.807, 2.05) is 18.2 Å². The average Bonchev–Trinajstić information content (AvgIpc) is 3.13. The van der Waals surface area contributed by atoms with E-state index in [1.54, 1.807) is 6.20 Å². The van der Waals surface area contributed by atoms with Crippen LogP contribution >= 0.6 is 0 Å². The van der Waals surface area contributed by atoms with Gasteiger partial charge in [-0.3, -0.25) is 14.6 Å². The van der Waals surface area contributed by atoms with Crippen molar-refractivity contribution in [2.24, 2.45) is 11.8 Å². The lowest BCUT2D eigenvalue weighted by Gasteiger charge is -2.43. The zero-order valence-corrected chi connectivity index (χ0v) is 20.6. The Hall–Kier alpha value is -3.24.